The molecule has 0 spiro atoms. The van der Waals surface area contributed by atoms with Gasteiger partial charge in [0, 0.05) is 18.2 Å². The first kappa shape index (κ1) is 19.5. The highest BCUT2D eigenvalue weighted by Crippen LogP contribution is 2.14. The summed E-state index contributed by atoms with van der Waals surface area (Å²) in [4.78, 5) is 12.4. The molecule has 1 N–H and O–H groups in total. The number of carbonyl (C=O) groups excluding carboxylic acids is 1. The molecule has 2 aromatic carbocycles. The fourth-order valence-corrected chi connectivity index (χ4v) is 2.76. The number of aromatic nitrogens is 3. The number of nitrogens with zero attached hydrogens (tertiary/aromatic N) is 3. The lowest BCUT2D eigenvalue weighted by Gasteiger charge is -2.07. The first-order chi connectivity index (χ1) is 13.5. The first-order valence-corrected chi connectivity index (χ1v) is 8.73. The zero-order valence-electron chi connectivity index (χ0n) is 15.6. The lowest BCUT2D eigenvalue weighted by atomic mass is 10.1. The SMILES string of the molecule is COc1cccc(CCNC(=O)c2nnn(Cc3ccc(F)cc3F)c2C)c1. The van der Waals surface area contributed by atoms with Crippen molar-refractivity contribution in [2.24, 2.45) is 0 Å². The molecule has 28 heavy (non-hydrogen) atoms. The van der Waals surface area contributed by atoms with Crippen LogP contribution in [-0.4, -0.2) is 34.6 Å². The van der Waals surface area contributed by atoms with Gasteiger partial charge in [-0.1, -0.05) is 23.4 Å². The molecule has 1 amide bonds. The van der Waals surface area contributed by atoms with Crippen molar-refractivity contribution >= 4 is 5.91 Å². The van der Waals surface area contributed by atoms with Gasteiger partial charge in [0.05, 0.1) is 19.3 Å². The molecule has 0 radical (unpaired) electrons. The number of nitrogens with one attached hydrogen (secondary N) is 1. The summed E-state index contributed by atoms with van der Waals surface area (Å²) < 4.78 is 33.4. The zero-order valence-corrected chi connectivity index (χ0v) is 15.6. The van der Waals surface area contributed by atoms with E-state index in [0.717, 1.165) is 17.4 Å². The highest BCUT2D eigenvalue weighted by Gasteiger charge is 2.17. The van der Waals surface area contributed by atoms with Gasteiger partial charge < -0.3 is 10.1 Å². The molecule has 0 saturated heterocycles. The number of hydrogen-bond donors (Lipinski definition) is 1. The van der Waals surface area contributed by atoms with Crippen LogP contribution in [0.2, 0.25) is 0 Å². The van der Waals surface area contributed by atoms with Crippen LogP contribution in [0.25, 0.3) is 0 Å². The predicted molar refractivity (Wildman–Crippen MR) is 99.3 cm³/mol. The van der Waals surface area contributed by atoms with E-state index in [1.54, 1.807) is 14.0 Å². The molecule has 0 aliphatic carbocycles. The molecular formula is C20H20F2N4O2. The van der Waals surface area contributed by atoms with Crippen LogP contribution in [0.4, 0.5) is 8.78 Å². The summed E-state index contributed by atoms with van der Waals surface area (Å²) in [5, 5.41) is 10.6. The average molecular weight is 386 g/mol. The molecule has 0 aliphatic heterocycles. The van der Waals surface area contributed by atoms with E-state index in [4.69, 9.17) is 4.74 Å². The van der Waals surface area contributed by atoms with E-state index in [2.05, 4.69) is 15.6 Å². The van der Waals surface area contributed by atoms with E-state index in [9.17, 15) is 13.6 Å². The number of methoxy groups -OCH3 is 1. The van der Waals surface area contributed by atoms with Crippen molar-refractivity contribution in [3.63, 3.8) is 0 Å². The Bertz CT molecular complexity index is 988. The monoisotopic (exact) mass is 386 g/mol. The van der Waals surface area contributed by atoms with Crippen LogP contribution in [0.3, 0.4) is 0 Å². The predicted octanol–water partition coefficient (Wildman–Crippen LogP) is 2.89. The van der Waals surface area contributed by atoms with Gasteiger partial charge in [0.2, 0.25) is 0 Å². The Morgan fingerprint density at radius 2 is 2.04 bits per heavy atom. The fourth-order valence-electron chi connectivity index (χ4n) is 2.76. The van der Waals surface area contributed by atoms with Gasteiger partial charge in [-0.2, -0.15) is 0 Å². The quantitative estimate of drug-likeness (QED) is 0.678. The first-order valence-electron chi connectivity index (χ1n) is 8.73. The Hall–Kier alpha value is -3.29. The van der Waals surface area contributed by atoms with Crippen LogP contribution >= 0.6 is 0 Å². The van der Waals surface area contributed by atoms with Crippen LogP contribution in [0, 0.1) is 18.6 Å². The molecule has 0 saturated carbocycles. The minimum absolute atomic E-state index is 0.0576. The Labute approximate surface area is 161 Å². The van der Waals surface area contributed by atoms with Crippen molar-refractivity contribution in [1.82, 2.24) is 20.3 Å². The number of ether oxygens (including phenoxy) is 1. The summed E-state index contributed by atoms with van der Waals surface area (Å²) in [5.74, 6) is -0.909. The van der Waals surface area contributed by atoms with E-state index in [1.807, 2.05) is 24.3 Å². The number of amides is 1. The Balaban J connectivity index is 1.61. The van der Waals surface area contributed by atoms with Crippen molar-refractivity contribution < 1.29 is 18.3 Å². The van der Waals surface area contributed by atoms with Gasteiger partial charge in [-0.3, -0.25) is 4.79 Å². The second kappa shape index (κ2) is 8.60. The molecule has 0 fully saturated rings. The molecule has 146 valence electrons. The van der Waals surface area contributed by atoms with Crippen molar-refractivity contribution in [1.29, 1.82) is 0 Å². The molecule has 8 heteroatoms. The molecule has 1 heterocycles. The maximum absolute atomic E-state index is 13.8. The Morgan fingerprint density at radius 1 is 1.21 bits per heavy atom. The van der Waals surface area contributed by atoms with Crippen LogP contribution in [0.15, 0.2) is 42.5 Å². The molecule has 0 unspecified atom stereocenters. The van der Waals surface area contributed by atoms with Crippen molar-refractivity contribution in [3.05, 3.63) is 76.6 Å². The zero-order chi connectivity index (χ0) is 20.1. The lowest BCUT2D eigenvalue weighted by Crippen LogP contribution is -2.26. The summed E-state index contributed by atoms with van der Waals surface area (Å²) in [6, 6.07) is 10.9. The van der Waals surface area contributed by atoms with Gasteiger partial charge in [0.25, 0.3) is 5.91 Å². The summed E-state index contributed by atoms with van der Waals surface area (Å²) in [6.07, 6.45) is 0.636. The van der Waals surface area contributed by atoms with Gasteiger partial charge in [-0.15, -0.1) is 5.10 Å². The van der Waals surface area contributed by atoms with Crippen molar-refractivity contribution in [2.75, 3.05) is 13.7 Å². The second-order valence-corrected chi connectivity index (χ2v) is 6.27. The lowest BCUT2D eigenvalue weighted by molar-refractivity contribution is 0.0948. The second-order valence-electron chi connectivity index (χ2n) is 6.27. The van der Waals surface area contributed by atoms with E-state index < -0.39 is 11.6 Å². The van der Waals surface area contributed by atoms with Crippen molar-refractivity contribution in [2.45, 2.75) is 19.9 Å². The summed E-state index contributed by atoms with van der Waals surface area (Å²) in [6.45, 7) is 2.16. The average Bonchev–Trinajstić information content (AvgIpc) is 3.04. The maximum atomic E-state index is 13.8. The summed E-state index contributed by atoms with van der Waals surface area (Å²) in [7, 11) is 1.60. The molecule has 0 bridgehead atoms. The largest absolute Gasteiger partial charge is 0.497 e. The van der Waals surface area contributed by atoms with Gasteiger partial charge in [0.1, 0.15) is 17.4 Å². The molecule has 3 aromatic rings. The molecular weight excluding hydrogens is 366 g/mol. The number of benzene rings is 2. The number of carbonyl (C=O) groups is 1. The molecule has 1 aromatic heterocycles. The van der Waals surface area contributed by atoms with Crippen LogP contribution < -0.4 is 10.1 Å². The van der Waals surface area contributed by atoms with Crippen molar-refractivity contribution in [3.8, 4) is 5.75 Å². The third-order valence-corrected chi connectivity index (χ3v) is 4.37. The van der Waals surface area contributed by atoms with E-state index >= 15 is 0 Å². The number of rotatable bonds is 7. The summed E-state index contributed by atoms with van der Waals surface area (Å²) in [5.41, 5.74) is 1.97. The highest BCUT2D eigenvalue weighted by atomic mass is 19.1. The molecule has 0 aliphatic rings. The third-order valence-electron chi connectivity index (χ3n) is 4.37. The Morgan fingerprint density at radius 3 is 2.79 bits per heavy atom. The van der Waals surface area contributed by atoms with E-state index in [1.165, 1.54) is 16.8 Å². The standard InChI is InChI=1S/C20H20F2N4O2/c1-13-19(20(27)23-9-8-14-4-3-5-17(10-14)28-2)24-25-26(13)12-15-6-7-16(21)11-18(15)22/h3-7,10-11H,8-9,12H2,1-2H3,(H,23,27). The third kappa shape index (κ3) is 4.51. The van der Waals surface area contributed by atoms with E-state index in [0.29, 0.717) is 18.7 Å². The number of halogens is 2. The fraction of sp³-hybridized carbons (Fsp3) is 0.250. The smallest absolute Gasteiger partial charge is 0.273 e. The van der Waals surface area contributed by atoms with Gasteiger partial charge in [-0.05, 0) is 37.1 Å². The minimum Gasteiger partial charge on any atom is -0.497 e. The normalized spacial score (nSPS) is 10.7. The minimum atomic E-state index is -0.667. The Kier molecular flexibility index (Phi) is 5.98. The van der Waals surface area contributed by atoms with Gasteiger partial charge >= 0.3 is 0 Å². The highest BCUT2D eigenvalue weighted by molar-refractivity contribution is 5.93. The topological polar surface area (TPSA) is 69.0 Å². The van der Waals surface area contributed by atoms with Crippen LogP contribution in [-0.2, 0) is 13.0 Å². The molecule has 0 atom stereocenters. The maximum Gasteiger partial charge on any atom is 0.273 e. The van der Waals surface area contributed by atoms with Crippen LogP contribution in [0.1, 0.15) is 27.3 Å². The molecule has 3 rings (SSSR count). The molecule has 6 nitrogen and oxygen atoms in total. The van der Waals surface area contributed by atoms with Gasteiger partial charge in [0.15, 0.2) is 5.69 Å². The number of hydrogen-bond acceptors (Lipinski definition) is 4. The van der Waals surface area contributed by atoms with E-state index in [-0.39, 0.29) is 23.7 Å². The van der Waals surface area contributed by atoms with Crippen LogP contribution in [0.5, 0.6) is 5.75 Å². The summed E-state index contributed by atoms with van der Waals surface area (Å²) >= 11 is 0. The van der Waals surface area contributed by atoms with Gasteiger partial charge in [-0.25, -0.2) is 13.5 Å².